The van der Waals surface area contributed by atoms with Crippen LogP contribution in [0.15, 0.2) is 97.2 Å². The number of H-pyrrole nitrogens is 1. The molecule has 1 aliphatic carbocycles. The molecule has 2 heterocycles. The molecule has 0 radical (unpaired) electrons. The fourth-order valence-corrected chi connectivity index (χ4v) is 16.0. The fourth-order valence-electron chi connectivity index (χ4n) is 16.0. The van der Waals surface area contributed by atoms with Gasteiger partial charge in [0.15, 0.2) is 0 Å². The Morgan fingerprint density at radius 1 is 0.532 bits per heavy atom. The lowest BCUT2D eigenvalue weighted by Gasteiger charge is -2.35. The van der Waals surface area contributed by atoms with Crippen LogP contribution in [-0.4, -0.2) is 259 Å². The van der Waals surface area contributed by atoms with Crippen LogP contribution in [0.25, 0.3) is 10.9 Å². The Morgan fingerprint density at radius 3 is 1.66 bits per heavy atom. The number of aliphatic hydroxyl groups is 2. The van der Waals surface area contributed by atoms with Gasteiger partial charge in [0.2, 0.25) is 112 Å². The quantitative estimate of drug-likeness (QED) is 0.0213. The van der Waals surface area contributed by atoms with Crippen molar-refractivity contribution < 1.29 is 116 Å². The number of hydrogen-bond acceptors (Lipinski definition) is 25. The van der Waals surface area contributed by atoms with Crippen molar-refractivity contribution in [3.63, 3.8) is 0 Å². The molecule has 2 aliphatic rings. The van der Waals surface area contributed by atoms with Gasteiger partial charge in [-0.1, -0.05) is 140 Å². The first-order valence-corrected chi connectivity index (χ1v) is 47.7. The number of aliphatic carboxylic acids is 1. The molecule has 1 saturated carbocycles. The Hall–Kier alpha value is -13.2. The summed E-state index contributed by atoms with van der Waals surface area (Å²) in [5, 5.41) is 82.8. The van der Waals surface area contributed by atoms with E-state index in [0.717, 1.165) is 6.42 Å². The van der Waals surface area contributed by atoms with Crippen LogP contribution < -0.4 is 91.2 Å². The molecule has 4 aromatic rings. The SMILES string of the molecule is C.CC(=O)N[C@@H](CC(C)C)C(=O)N[C@H](C(=O)N[C@@H](Cc1ccccc1)C(=O)N[C@]1(C)CCCCCC/C=C/CCC[C@@](C)(C(=O)NC(C)C(=O)N[C@@H](C)C(=O)NC(C)C(=O)N[C@@H](C)C(=O)C(=O)[C@H](C)NC[C@H](C)C(N)=O)NC(=O)[C@H](CC2CCC2)CN[C@@H](CCC(N)=O)C(=O)C(=O)[C@H](CO)NC(=O)[C@H](Cc2c[nH]c3ccccc23)NC(=O)C(Cc2ccc(O)cc2)NC(=O)[C@H](CCC(=O)O)NC1=O)[C@@H](C)O. The number of benzene rings is 3. The van der Waals surface area contributed by atoms with Crippen LogP contribution >= 0.6 is 0 Å². The molecule has 15 amide bonds. The fraction of sp³-hybridized carbons (Fsp3) is 0.576. The molecular formula is C99H146N18O24. The van der Waals surface area contributed by atoms with Crippen molar-refractivity contribution in [2.24, 2.45) is 35.1 Å². The summed E-state index contributed by atoms with van der Waals surface area (Å²) >= 11 is 0. The van der Waals surface area contributed by atoms with Gasteiger partial charge in [0.05, 0.1) is 36.8 Å². The van der Waals surface area contributed by atoms with E-state index in [9.17, 15) is 82.8 Å². The van der Waals surface area contributed by atoms with E-state index in [1.807, 2.05) is 12.2 Å². The van der Waals surface area contributed by atoms with E-state index in [2.05, 4.69) is 84.7 Å². The number of ketones is 4. The van der Waals surface area contributed by atoms with Crippen molar-refractivity contribution >= 4 is 129 Å². The summed E-state index contributed by atoms with van der Waals surface area (Å²) in [7, 11) is 0. The maximum Gasteiger partial charge on any atom is 0.303 e. The average molecular weight is 1970 g/mol. The third-order valence-corrected chi connectivity index (χ3v) is 24.9. The van der Waals surface area contributed by atoms with Gasteiger partial charge >= 0.3 is 5.97 Å². The van der Waals surface area contributed by atoms with E-state index in [0.29, 0.717) is 67.0 Å². The monoisotopic (exact) mass is 1970 g/mol. The number of nitrogens with one attached hydrogen (secondary N) is 16. The number of phenolic OH excluding ortho intramolecular Hbond substituents is 1. The zero-order chi connectivity index (χ0) is 104. The van der Waals surface area contributed by atoms with E-state index < -0.39 is 277 Å². The van der Waals surface area contributed by atoms with E-state index in [-0.39, 0.29) is 82.1 Å². The molecular weight excluding hydrogens is 1830 g/mol. The smallest absolute Gasteiger partial charge is 0.303 e. The van der Waals surface area contributed by atoms with E-state index in [4.69, 9.17) is 11.5 Å². The number of Topliss-reactive ketones (excluding diaryl/α,β-unsaturated/α-hetero) is 4. The Balaban J connectivity index is 0.0000350. The van der Waals surface area contributed by atoms with Gasteiger partial charge in [-0.05, 0) is 166 Å². The number of carbonyl (C=O) groups is 20. The number of carboxylic acids is 1. The third-order valence-electron chi connectivity index (χ3n) is 24.9. The summed E-state index contributed by atoms with van der Waals surface area (Å²) in [4.78, 5) is 284. The van der Waals surface area contributed by atoms with E-state index >= 15 is 33.6 Å². The minimum Gasteiger partial charge on any atom is -0.508 e. The number of hydrogen-bond donors (Lipinski definition) is 22. The predicted octanol–water partition coefficient (Wildman–Crippen LogP) is 0.490. The van der Waals surface area contributed by atoms with Crippen molar-refractivity contribution in [2.45, 2.75) is 321 Å². The molecule has 776 valence electrons. The van der Waals surface area contributed by atoms with Crippen molar-refractivity contribution in [3.8, 4) is 5.75 Å². The number of phenols is 1. The van der Waals surface area contributed by atoms with Gasteiger partial charge in [-0.15, -0.1) is 0 Å². The number of aromatic amines is 1. The number of allylic oxidation sites excluding steroid dienone is 2. The summed E-state index contributed by atoms with van der Waals surface area (Å²) in [5.74, 6) is -22.1. The second kappa shape index (κ2) is 57.5. The second-order valence-electron chi connectivity index (χ2n) is 37.6. The van der Waals surface area contributed by atoms with Crippen LogP contribution in [0.3, 0.4) is 0 Å². The van der Waals surface area contributed by atoms with Gasteiger partial charge in [-0.3, -0.25) is 95.9 Å². The highest BCUT2D eigenvalue weighted by Gasteiger charge is 2.45. The van der Waals surface area contributed by atoms with Crippen LogP contribution in [0.4, 0.5) is 0 Å². The molecule has 0 spiro atoms. The number of carbonyl (C=O) groups excluding carboxylic acids is 19. The molecule has 24 N–H and O–H groups in total. The standard InChI is InChI=1S/C98H142N18O24.CH4/c1-53(2)44-72(108-61(10)119)92(136)114-79(60(9)118)94(138)111-74(46-63-28-21-20-22-29-63)93(137)116-98(12)43-26-19-17-15-13-14-16-18-25-42-97(11,95(139)107-59(8)87(131)106-58(7)86(130)105-57(6)85(129)104-56(5)81(125)80(124)55(4)101-49-54(3)84(100)128)115-88(132)66(45-62-30-27-31-62)51-103-70(38-40-77(99)121)82(126)83(127)76(52-117)112-91(135)75(48-65-50-102-69-33-24-23-32-68(65)69)110-90(134)73(47-64-34-36-67(120)37-35-64)109-89(133)71(113-96(98)140)39-41-78(122)123;/h14,16,20-24,28-29,32-37,50,53-60,62,66,70-76,79,101-103,117-118,120H,13,15,17-19,25-27,30-31,38-49,51-52H2,1-12H3,(H2,99,121)(H2,100,128)(H,104,129)(H,105,130)(H,106,131)(H,107,139)(H,108,119)(H,109,133)(H,110,134)(H,111,138)(H,112,135)(H,113,140)(H,114,136)(H,115,132)(H,116,137)(H,122,123);1H4/b16-14+;/t54-,55-,56-,57?,58-,59?,60+,66+,70-,71-,72-,73?,74-,75-,76-,79-,97-,98+;/m0./s1. The lowest BCUT2D eigenvalue weighted by molar-refractivity contribution is -0.141. The highest BCUT2D eigenvalue weighted by Crippen LogP contribution is 2.33. The number of aliphatic hydroxyl groups excluding tert-OH is 2. The summed E-state index contributed by atoms with van der Waals surface area (Å²) in [6.07, 6.45) is 4.72. The molecule has 1 fully saturated rings. The average Bonchev–Trinajstić information content (AvgIpc) is 1.76. The summed E-state index contributed by atoms with van der Waals surface area (Å²) in [5.41, 5.74) is 8.70. The number of aromatic nitrogens is 1. The first-order valence-electron chi connectivity index (χ1n) is 47.7. The Bertz CT molecular complexity index is 5040. The number of nitrogens with two attached hydrogens (primary N) is 2. The summed E-state index contributed by atoms with van der Waals surface area (Å²) in [6, 6.07) is 0.198. The molecule has 3 aromatic carbocycles. The third kappa shape index (κ3) is 38.4. The van der Waals surface area contributed by atoms with Crippen LogP contribution in [-0.2, 0) is 115 Å². The normalized spacial score (nSPS) is 22.3. The predicted molar refractivity (Wildman–Crippen MR) is 521 cm³/mol. The van der Waals surface area contributed by atoms with Crippen LogP contribution in [0, 0.1) is 23.7 Å². The number of para-hydroxylation sites is 1. The minimum atomic E-state index is -2.11. The first kappa shape index (κ1) is 118. The first-order chi connectivity index (χ1) is 66.0. The van der Waals surface area contributed by atoms with Crippen molar-refractivity contribution in [1.29, 1.82) is 0 Å². The number of amides is 15. The Labute approximate surface area is 821 Å². The number of fused-ring (bicyclic) bond motifs is 1. The highest BCUT2D eigenvalue weighted by molar-refractivity contribution is 6.42. The van der Waals surface area contributed by atoms with Crippen molar-refractivity contribution in [1.82, 2.24) is 84.7 Å². The van der Waals surface area contributed by atoms with Gasteiger partial charge in [-0.25, -0.2) is 0 Å². The minimum absolute atomic E-state index is 0. The topological polar surface area (TPSA) is 671 Å². The Kier molecular flexibility index (Phi) is 48.2. The van der Waals surface area contributed by atoms with Gasteiger partial charge < -0.3 is 117 Å². The maximum atomic E-state index is 15.6. The molecule has 42 heteroatoms. The lowest BCUT2D eigenvalue weighted by atomic mass is 9.78. The molecule has 6 rings (SSSR count). The molecule has 141 heavy (non-hydrogen) atoms. The van der Waals surface area contributed by atoms with Crippen molar-refractivity contribution in [3.05, 3.63) is 114 Å². The van der Waals surface area contributed by atoms with Gasteiger partial charge in [0.25, 0.3) is 0 Å². The van der Waals surface area contributed by atoms with Gasteiger partial charge in [0.1, 0.15) is 77.2 Å². The van der Waals surface area contributed by atoms with Crippen LogP contribution in [0.5, 0.6) is 5.75 Å². The maximum absolute atomic E-state index is 15.6. The second-order valence-corrected chi connectivity index (χ2v) is 37.6. The number of aromatic hydroxyl groups is 1. The van der Waals surface area contributed by atoms with Crippen LogP contribution in [0.1, 0.15) is 223 Å². The molecule has 1 aliphatic heterocycles. The number of rotatable bonds is 40. The molecule has 18 atom stereocenters. The zero-order valence-corrected chi connectivity index (χ0v) is 81.7. The summed E-state index contributed by atoms with van der Waals surface area (Å²) < 4.78 is 0. The highest BCUT2D eigenvalue weighted by atomic mass is 16.4. The van der Waals surface area contributed by atoms with E-state index in [1.165, 1.54) is 99.7 Å². The van der Waals surface area contributed by atoms with Gasteiger partial charge in [-0.2, -0.15) is 0 Å². The molecule has 1 aromatic heterocycles. The zero-order valence-electron chi connectivity index (χ0n) is 81.7. The molecule has 42 nitrogen and oxygen atoms in total. The number of carboxylic acid groups (broad SMARTS) is 1. The molecule has 0 saturated heterocycles. The largest absolute Gasteiger partial charge is 0.508 e. The molecule has 0 bridgehead atoms. The lowest BCUT2D eigenvalue weighted by Crippen LogP contribution is -2.65. The van der Waals surface area contributed by atoms with Crippen LogP contribution in [0.2, 0.25) is 0 Å². The van der Waals surface area contributed by atoms with Crippen molar-refractivity contribution in [2.75, 3.05) is 19.7 Å². The van der Waals surface area contributed by atoms with Gasteiger partial charge in [0, 0.05) is 75.1 Å². The van der Waals surface area contributed by atoms with E-state index in [1.54, 1.807) is 68.4 Å². The Morgan fingerprint density at radius 2 is 1.09 bits per heavy atom. The summed E-state index contributed by atoms with van der Waals surface area (Å²) in [6.45, 7) is 15.2. The molecule has 3 unspecified atom stereocenters. The number of primary amides is 2.